The van der Waals surface area contributed by atoms with Crippen LogP contribution >= 0.6 is 0 Å². The van der Waals surface area contributed by atoms with Gasteiger partial charge in [-0.15, -0.1) is 0 Å². The van der Waals surface area contributed by atoms with Crippen LogP contribution in [0.1, 0.15) is 77.2 Å². The second-order valence-electron chi connectivity index (χ2n) is 10.7. The van der Waals surface area contributed by atoms with Crippen molar-refractivity contribution in [1.29, 1.82) is 0 Å². The molecule has 0 saturated heterocycles. The molecule has 2 atom stereocenters. The molecule has 0 N–H and O–H groups in total. The Hall–Kier alpha value is -2.83. The van der Waals surface area contributed by atoms with E-state index in [4.69, 9.17) is 23.9 Å². The average molecular weight is 484 g/mol. The summed E-state index contributed by atoms with van der Waals surface area (Å²) in [6.07, 6.45) is 6.03. The van der Waals surface area contributed by atoms with Crippen molar-refractivity contribution in [2.24, 2.45) is 16.3 Å². The van der Waals surface area contributed by atoms with Crippen LogP contribution in [0.4, 0.5) is 0 Å². The number of hydrogen-bond donors (Lipinski definition) is 0. The minimum Gasteiger partial charge on any atom is -0.496 e. The Labute approximate surface area is 207 Å². The molecule has 2 fully saturated rings. The Balaban J connectivity index is 1.86. The first-order chi connectivity index (χ1) is 16.7. The second kappa shape index (κ2) is 10.0. The molecule has 1 aliphatic heterocycles. The Morgan fingerprint density at radius 3 is 2.17 bits per heavy atom. The van der Waals surface area contributed by atoms with Crippen LogP contribution in [0, 0.1) is 11.3 Å². The fraction of sp³-hybridized carbons (Fsp3) is 0.607. The van der Waals surface area contributed by atoms with Gasteiger partial charge in [0.2, 0.25) is 0 Å². The molecule has 2 saturated carbocycles. The molecule has 0 spiro atoms. The van der Waals surface area contributed by atoms with Crippen molar-refractivity contribution < 1.29 is 28.5 Å². The van der Waals surface area contributed by atoms with Crippen LogP contribution in [0.15, 0.2) is 28.4 Å². The molecular weight excluding hydrogens is 446 g/mol. The van der Waals surface area contributed by atoms with Gasteiger partial charge in [0.15, 0.2) is 11.5 Å². The summed E-state index contributed by atoms with van der Waals surface area (Å²) in [7, 11) is 4.70. The SMILES string of the molecule is COc1cc(OC)c([C@@H]2C(C(=O)OC3CCCCC3)=C(C)N=C3CC(C)(C)CC(=O)[C@H]32)cc1OC. The number of esters is 1. The summed E-state index contributed by atoms with van der Waals surface area (Å²) in [4.78, 5) is 32.1. The standard InChI is InChI=1S/C28H37NO6/c1-16-24(27(31)35-17-10-8-7-9-11-17)25(26-19(29-16)14-28(2,3)15-20(26)30)18-12-22(33-5)23(34-6)13-21(18)32-4/h12-13,17,25-26H,7-11,14-15H2,1-6H3/t25-,26+/m1/s1. The normalized spacial score (nSPS) is 24.4. The average Bonchev–Trinajstić information content (AvgIpc) is 2.81. The topological polar surface area (TPSA) is 83.4 Å². The van der Waals surface area contributed by atoms with E-state index in [-0.39, 0.29) is 17.3 Å². The maximum absolute atomic E-state index is 13.7. The molecule has 7 heteroatoms. The van der Waals surface area contributed by atoms with Gasteiger partial charge in [-0.25, -0.2) is 4.79 Å². The molecule has 1 aromatic carbocycles. The lowest BCUT2D eigenvalue weighted by Gasteiger charge is -2.41. The first-order valence-corrected chi connectivity index (χ1v) is 12.5. The van der Waals surface area contributed by atoms with E-state index < -0.39 is 17.8 Å². The van der Waals surface area contributed by atoms with Gasteiger partial charge in [-0.3, -0.25) is 9.79 Å². The second-order valence-corrected chi connectivity index (χ2v) is 10.7. The largest absolute Gasteiger partial charge is 0.496 e. The van der Waals surface area contributed by atoms with Crippen LogP contribution in [-0.4, -0.2) is 44.9 Å². The van der Waals surface area contributed by atoms with Gasteiger partial charge in [0, 0.05) is 35.4 Å². The zero-order valence-electron chi connectivity index (χ0n) is 21.7. The quantitative estimate of drug-likeness (QED) is 0.504. The maximum atomic E-state index is 13.7. The summed E-state index contributed by atoms with van der Waals surface area (Å²) in [5.41, 5.74) is 2.37. The minimum absolute atomic E-state index is 0.0808. The number of ether oxygens (including phenoxy) is 4. The molecule has 1 aromatic rings. The molecule has 0 amide bonds. The summed E-state index contributed by atoms with van der Waals surface area (Å²) < 4.78 is 22.8. The molecule has 7 nitrogen and oxygen atoms in total. The number of allylic oxidation sites excluding steroid dienone is 1. The summed E-state index contributed by atoms with van der Waals surface area (Å²) in [5, 5.41) is 0. The zero-order chi connectivity index (χ0) is 25.3. The number of benzene rings is 1. The Morgan fingerprint density at radius 2 is 1.54 bits per heavy atom. The van der Waals surface area contributed by atoms with Gasteiger partial charge in [0.25, 0.3) is 0 Å². The third-order valence-corrected chi connectivity index (χ3v) is 7.48. The van der Waals surface area contributed by atoms with E-state index in [2.05, 4.69) is 13.8 Å². The van der Waals surface area contributed by atoms with E-state index in [1.807, 2.05) is 13.0 Å². The lowest BCUT2D eigenvalue weighted by Crippen LogP contribution is -2.44. The summed E-state index contributed by atoms with van der Waals surface area (Å²) in [5.74, 6) is 0.121. The van der Waals surface area contributed by atoms with Crippen LogP contribution in [0.5, 0.6) is 17.2 Å². The smallest absolute Gasteiger partial charge is 0.336 e. The molecule has 1 heterocycles. The number of aliphatic imine (C=N–C) groups is 1. The fourth-order valence-corrected chi connectivity index (χ4v) is 5.89. The molecular formula is C28H37NO6. The van der Waals surface area contributed by atoms with Crippen molar-refractivity contribution in [1.82, 2.24) is 0 Å². The van der Waals surface area contributed by atoms with Crippen LogP contribution < -0.4 is 14.2 Å². The molecule has 0 unspecified atom stereocenters. The Kier molecular flexibility index (Phi) is 7.25. The van der Waals surface area contributed by atoms with Gasteiger partial charge < -0.3 is 18.9 Å². The number of carbonyl (C=O) groups is 2. The number of rotatable bonds is 6. The third-order valence-electron chi connectivity index (χ3n) is 7.48. The lowest BCUT2D eigenvalue weighted by atomic mass is 9.63. The van der Waals surface area contributed by atoms with Crippen molar-refractivity contribution in [2.75, 3.05) is 21.3 Å². The van der Waals surface area contributed by atoms with Gasteiger partial charge in [0.05, 0.1) is 32.8 Å². The number of methoxy groups -OCH3 is 3. The molecule has 190 valence electrons. The molecule has 3 aliphatic rings. The van der Waals surface area contributed by atoms with E-state index >= 15 is 0 Å². The van der Waals surface area contributed by atoms with E-state index in [0.29, 0.717) is 46.9 Å². The summed E-state index contributed by atoms with van der Waals surface area (Å²) in [6, 6.07) is 3.57. The first-order valence-electron chi connectivity index (χ1n) is 12.5. The molecule has 0 radical (unpaired) electrons. The lowest BCUT2D eigenvalue weighted by molar-refractivity contribution is -0.146. The number of fused-ring (bicyclic) bond motifs is 1. The molecule has 0 aromatic heterocycles. The highest BCUT2D eigenvalue weighted by atomic mass is 16.5. The van der Waals surface area contributed by atoms with Gasteiger partial charge in [0.1, 0.15) is 17.6 Å². The fourth-order valence-electron chi connectivity index (χ4n) is 5.89. The number of hydrogen-bond acceptors (Lipinski definition) is 7. The van der Waals surface area contributed by atoms with Gasteiger partial charge in [-0.1, -0.05) is 20.3 Å². The van der Waals surface area contributed by atoms with Crippen LogP contribution in [0.3, 0.4) is 0 Å². The van der Waals surface area contributed by atoms with Crippen molar-refractivity contribution in [2.45, 2.75) is 77.7 Å². The predicted octanol–water partition coefficient (Wildman–Crippen LogP) is 5.41. The summed E-state index contributed by atoms with van der Waals surface area (Å²) in [6.45, 7) is 6.01. The monoisotopic (exact) mass is 483 g/mol. The number of carbonyl (C=O) groups excluding carboxylic acids is 2. The molecule has 0 bridgehead atoms. The highest BCUT2D eigenvalue weighted by molar-refractivity contribution is 6.12. The number of ketones is 1. The highest BCUT2D eigenvalue weighted by Crippen LogP contribution is 2.50. The third kappa shape index (κ3) is 4.95. The van der Waals surface area contributed by atoms with Crippen LogP contribution in [0.25, 0.3) is 0 Å². The van der Waals surface area contributed by atoms with Crippen LogP contribution in [0.2, 0.25) is 0 Å². The Bertz CT molecular complexity index is 1060. The van der Waals surface area contributed by atoms with E-state index in [0.717, 1.165) is 31.4 Å². The zero-order valence-corrected chi connectivity index (χ0v) is 21.7. The van der Waals surface area contributed by atoms with Gasteiger partial charge in [-0.2, -0.15) is 0 Å². The minimum atomic E-state index is -0.572. The van der Waals surface area contributed by atoms with Gasteiger partial charge in [-0.05, 0) is 50.5 Å². The number of nitrogens with zero attached hydrogens (tertiary/aromatic N) is 1. The van der Waals surface area contributed by atoms with Crippen molar-refractivity contribution in [3.8, 4) is 17.2 Å². The summed E-state index contributed by atoms with van der Waals surface area (Å²) >= 11 is 0. The molecule has 4 rings (SSSR count). The van der Waals surface area contributed by atoms with Gasteiger partial charge >= 0.3 is 5.97 Å². The van der Waals surface area contributed by atoms with E-state index in [1.54, 1.807) is 27.4 Å². The van der Waals surface area contributed by atoms with Crippen molar-refractivity contribution in [3.05, 3.63) is 29.0 Å². The first kappa shape index (κ1) is 25.3. The van der Waals surface area contributed by atoms with Crippen molar-refractivity contribution >= 4 is 17.5 Å². The van der Waals surface area contributed by atoms with Crippen LogP contribution in [-0.2, 0) is 14.3 Å². The number of Topliss-reactive ketones (excluding diaryl/α,β-unsaturated/α-hetero) is 1. The maximum Gasteiger partial charge on any atom is 0.336 e. The van der Waals surface area contributed by atoms with E-state index in [9.17, 15) is 9.59 Å². The molecule has 35 heavy (non-hydrogen) atoms. The van der Waals surface area contributed by atoms with Crippen molar-refractivity contribution in [3.63, 3.8) is 0 Å². The van der Waals surface area contributed by atoms with E-state index in [1.165, 1.54) is 6.42 Å². The highest BCUT2D eigenvalue weighted by Gasteiger charge is 2.49. The predicted molar refractivity (Wildman–Crippen MR) is 133 cm³/mol. The molecule has 2 aliphatic carbocycles. The Morgan fingerprint density at radius 1 is 0.914 bits per heavy atom.